The van der Waals surface area contributed by atoms with E-state index in [0.717, 1.165) is 33.5 Å². The molecule has 0 aliphatic heterocycles. The highest BCUT2D eigenvalue weighted by Gasteiger charge is 2.17. The highest BCUT2D eigenvalue weighted by atomic mass is 127. The molecule has 162 valence electrons. The van der Waals surface area contributed by atoms with E-state index in [2.05, 4.69) is 60.8 Å². The Labute approximate surface area is 195 Å². The fourth-order valence-corrected chi connectivity index (χ4v) is 3.43. The summed E-state index contributed by atoms with van der Waals surface area (Å²) in [4.78, 5) is 9.02. The van der Waals surface area contributed by atoms with Crippen molar-refractivity contribution < 1.29 is 9.47 Å². The van der Waals surface area contributed by atoms with Crippen molar-refractivity contribution in [3.63, 3.8) is 0 Å². The number of hydrogen-bond acceptors (Lipinski definition) is 5. The monoisotopic (exact) mass is 532 g/mol. The molecule has 0 saturated carbocycles. The Balaban J connectivity index is 0.00000420. The van der Waals surface area contributed by atoms with E-state index in [1.165, 1.54) is 0 Å². The third-order valence-electron chi connectivity index (χ3n) is 4.16. The molecular weight excluding hydrogens is 499 g/mol. The molecule has 0 amide bonds. The Bertz CT molecular complexity index is 787. The topological polar surface area (TPSA) is 67.8 Å². The molecule has 0 aliphatic rings. The molecule has 0 aliphatic carbocycles. The minimum atomic E-state index is 0. The standard InChI is InChI=1S/C21H32N4O2S.HI/c1-15-7-8-16(17(11-15)27-10-9-26-6)12-23-20(22-5)24-13-19-25-18(14-28-19)21(2,3)4;/h7-8,11,14H,9-10,12-13H2,1-6H3,(H2,22,23,24);1H. The first-order valence-electron chi connectivity index (χ1n) is 9.44. The molecule has 8 heteroatoms. The van der Waals surface area contributed by atoms with Crippen LogP contribution in [-0.4, -0.2) is 38.3 Å². The zero-order chi connectivity index (χ0) is 20.6. The van der Waals surface area contributed by atoms with Crippen molar-refractivity contribution in [3.8, 4) is 5.75 Å². The van der Waals surface area contributed by atoms with Gasteiger partial charge in [0.25, 0.3) is 0 Å². The lowest BCUT2D eigenvalue weighted by Crippen LogP contribution is -2.36. The Kier molecular flexibility index (Phi) is 10.9. The average Bonchev–Trinajstić information content (AvgIpc) is 3.13. The van der Waals surface area contributed by atoms with Gasteiger partial charge in [-0.15, -0.1) is 35.3 Å². The van der Waals surface area contributed by atoms with Crippen molar-refractivity contribution >= 4 is 41.3 Å². The number of aryl methyl sites for hydroxylation is 1. The largest absolute Gasteiger partial charge is 0.491 e. The van der Waals surface area contributed by atoms with Crippen LogP contribution in [0.5, 0.6) is 5.75 Å². The second kappa shape index (κ2) is 12.3. The minimum Gasteiger partial charge on any atom is -0.491 e. The summed E-state index contributed by atoms with van der Waals surface area (Å²) in [6, 6.07) is 6.21. The number of aliphatic imine (C=N–C) groups is 1. The number of methoxy groups -OCH3 is 1. The summed E-state index contributed by atoms with van der Waals surface area (Å²) in [5, 5.41) is 9.85. The Morgan fingerprint density at radius 1 is 1.17 bits per heavy atom. The number of halogens is 1. The molecule has 29 heavy (non-hydrogen) atoms. The van der Waals surface area contributed by atoms with Crippen molar-refractivity contribution in [2.45, 2.75) is 46.2 Å². The van der Waals surface area contributed by atoms with Crippen LogP contribution in [0.2, 0.25) is 0 Å². The van der Waals surface area contributed by atoms with Crippen LogP contribution in [0.4, 0.5) is 0 Å². The van der Waals surface area contributed by atoms with Gasteiger partial charge in [0.1, 0.15) is 17.4 Å². The molecular formula is C21H33IN4O2S. The molecule has 6 nitrogen and oxygen atoms in total. The predicted octanol–water partition coefficient (Wildman–Crippen LogP) is 4.26. The first-order valence-corrected chi connectivity index (χ1v) is 10.3. The van der Waals surface area contributed by atoms with Gasteiger partial charge in [0.15, 0.2) is 5.96 Å². The Morgan fingerprint density at radius 2 is 1.90 bits per heavy atom. The normalized spacial score (nSPS) is 11.7. The SMILES string of the molecule is CN=C(NCc1nc(C(C)(C)C)cs1)NCc1ccc(C)cc1OCCOC.I. The van der Waals surface area contributed by atoms with E-state index in [1.54, 1.807) is 25.5 Å². The Hall–Kier alpha value is -1.39. The number of aromatic nitrogens is 1. The lowest BCUT2D eigenvalue weighted by Gasteiger charge is -2.15. The molecule has 0 atom stereocenters. The van der Waals surface area contributed by atoms with Gasteiger partial charge in [-0.2, -0.15) is 0 Å². The number of hydrogen-bond donors (Lipinski definition) is 2. The molecule has 1 aromatic carbocycles. The third-order valence-corrected chi connectivity index (χ3v) is 5.01. The van der Waals surface area contributed by atoms with Gasteiger partial charge >= 0.3 is 0 Å². The highest BCUT2D eigenvalue weighted by molar-refractivity contribution is 14.0. The molecule has 0 fully saturated rings. The second-order valence-electron chi connectivity index (χ2n) is 7.61. The minimum absolute atomic E-state index is 0. The van der Waals surface area contributed by atoms with Gasteiger partial charge in [-0.1, -0.05) is 32.9 Å². The van der Waals surface area contributed by atoms with E-state index in [1.807, 2.05) is 6.07 Å². The maximum atomic E-state index is 5.85. The van der Waals surface area contributed by atoms with Crippen molar-refractivity contribution in [2.24, 2.45) is 4.99 Å². The van der Waals surface area contributed by atoms with Gasteiger partial charge in [0.2, 0.25) is 0 Å². The van der Waals surface area contributed by atoms with Crippen LogP contribution in [-0.2, 0) is 23.2 Å². The predicted molar refractivity (Wildman–Crippen MR) is 132 cm³/mol. The summed E-state index contributed by atoms with van der Waals surface area (Å²) < 4.78 is 10.9. The molecule has 1 aromatic heterocycles. The second-order valence-corrected chi connectivity index (χ2v) is 8.55. The zero-order valence-corrected chi connectivity index (χ0v) is 21.3. The summed E-state index contributed by atoms with van der Waals surface area (Å²) in [6.45, 7) is 10.9. The van der Waals surface area contributed by atoms with Gasteiger partial charge in [-0.25, -0.2) is 4.98 Å². The lowest BCUT2D eigenvalue weighted by molar-refractivity contribution is 0.145. The first kappa shape index (κ1) is 25.6. The molecule has 1 heterocycles. The fraction of sp³-hybridized carbons (Fsp3) is 0.524. The average molecular weight is 532 g/mol. The molecule has 2 N–H and O–H groups in total. The van der Waals surface area contributed by atoms with E-state index in [0.29, 0.717) is 26.3 Å². The van der Waals surface area contributed by atoms with Crippen molar-refractivity contribution in [1.29, 1.82) is 0 Å². The van der Waals surface area contributed by atoms with Crippen molar-refractivity contribution in [1.82, 2.24) is 15.6 Å². The van der Waals surface area contributed by atoms with Crippen molar-refractivity contribution in [3.05, 3.63) is 45.4 Å². The van der Waals surface area contributed by atoms with Crippen molar-refractivity contribution in [2.75, 3.05) is 27.4 Å². The molecule has 0 spiro atoms. The third kappa shape index (κ3) is 8.47. The summed E-state index contributed by atoms with van der Waals surface area (Å²) in [5.74, 6) is 1.60. The maximum absolute atomic E-state index is 5.85. The van der Waals surface area contributed by atoms with Crippen LogP contribution in [0.15, 0.2) is 28.6 Å². The first-order chi connectivity index (χ1) is 13.3. The zero-order valence-electron chi connectivity index (χ0n) is 18.2. The van der Waals surface area contributed by atoms with Crippen LogP contribution in [0.25, 0.3) is 0 Å². The summed E-state index contributed by atoms with van der Waals surface area (Å²) >= 11 is 1.67. The highest BCUT2D eigenvalue weighted by Crippen LogP contribution is 2.24. The molecule has 0 bridgehead atoms. The number of thiazole rings is 1. The Morgan fingerprint density at radius 3 is 2.52 bits per heavy atom. The molecule has 0 saturated heterocycles. The fourth-order valence-electron chi connectivity index (χ4n) is 2.47. The van der Waals surface area contributed by atoms with Crippen LogP contribution < -0.4 is 15.4 Å². The van der Waals surface area contributed by atoms with E-state index in [4.69, 9.17) is 14.5 Å². The maximum Gasteiger partial charge on any atom is 0.191 e. The molecule has 0 unspecified atom stereocenters. The van der Waals surface area contributed by atoms with Gasteiger partial charge in [0, 0.05) is 37.1 Å². The van der Waals surface area contributed by atoms with Gasteiger partial charge in [0.05, 0.1) is 18.8 Å². The number of ether oxygens (including phenoxy) is 2. The summed E-state index contributed by atoms with van der Waals surface area (Å²) in [5.41, 5.74) is 3.43. The summed E-state index contributed by atoms with van der Waals surface area (Å²) in [6.07, 6.45) is 0. The number of nitrogens with zero attached hydrogens (tertiary/aromatic N) is 2. The van der Waals surface area contributed by atoms with E-state index in [-0.39, 0.29) is 29.4 Å². The van der Waals surface area contributed by atoms with Gasteiger partial charge < -0.3 is 20.1 Å². The number of nitrogens with one attached hydrogen (secondary N) is 2. The van der Waals surface area contributed by atoms with Crippen LogP contribution in [0.1, 0.15) is 42.6 Å². The summed E-state index contributed by atoms with van der Waals surface area (Å²) in [7, 11) is 3.44. The van der Waals surface area contributed by atoms with E-state index < -0.39 is 0 Å². The number of benzene rings is 1. The molecule has 2 rings (SSSR count). The van der Waals surface area contributed by atoms with Gasteiger partial charge in [-0.05, 0) is 18.6 Å². The smallest absolute Gasteiger partial charge is 0.191 e. The van der Waals surface area contributed by atoms with Crippen LogP contribution in [0.3, 0.4) is 0 Å². The number of guanidine groups is 1. The molecule has 0 radical (unpaired) electrons. The van der Waals surface area contributed by atoms with E-state index in [9.17, 15) is 0 Å². The quantitative estimate of drug-likeness (QED) is 0.230. The number of rotatable bonds is 8. The lowest BCUT2D eigenvalue weighted by atomic mass is 9.93. The van der Waals surface area contributed by atoms with Crippen LogP contribution >= 0.6 is 35.3 Å². The molecule has 2 aromatic rings. The van der Waals surface area contributed by atoms with E-state index >= 15 is 0 Å². The van der Waals surface area contributed by atoms with Crippen LogP contribution in [0, 0.1) is 6.92 Å². The van der Waals surface area contributed by atoms with Gasteiger partial charge in [-0.3, -0.25) is 4.99 Å².